The van der Waals surface area contributed by atoms with Gasteiger partial charge in [0.15, 0.2) is 6.61 Å². The maximum atomic E-state index is 11.8. The lowest BCUT2D eigenvalue weighted by Gasteiger charge is -2.10. The lowest BCUT2D eigenvalue weighted by molar-refractivity contribution is -0.145. The Hall–Kier alpha value is -2.89. The van der Waals surface area contributed by atoms with Gasteiger partial charge in [-0.15, -0.1) is 0 Å². The van der Waals surface area contributed by atoms with Crippen LogP contribution in [0.2, 0.25) is 0 Å². The number of carbonyl (C=O) groups is 2. The van der Waals surface area contributed by atoms with Gasteiger partial charge in [-0.25, -0.2) is 5.43 Å². The number of ether oxygens (including phenoxy) is 2. The summed E-state index contributed by atoms with van der Waals surface area (Å²) in [5.74, 6) is -0.676. The molecule has 1 amide bonds. The van der Waals surface area contributed by atoms with E-state index in [1.165, 1.54) is 0 Å². The molecule has 0 heterocycles. The van der Waals surface area contributed by atoms with Crippen LogP contribution in [-0.4, -0.2) is 30.8 Å². The fraction of sp³-hybridized carbons (Fsp3) is 0.316. The molecule has 0 radical (unpaired) electrons. The van der Waals surface area contributed by atoms with Crippen molar-refractivity contribution in [3.63, 3.8) is 0 Å². The number of fused-ring (bicyclic) bond motifs is 1. The Kier molecular flexibility index (Phi) is 6.51. The van der Waals surface area contributed by atoms with Gasteiger partial charge >= 0.3 is 5.97 Å². The maximum Gasteiger partial charge on any atom is 0.314 e. The van der Waals surface area contributed by atoms with Crippen LogP contribution in [0.3, 0.4) is 0 Å². The summed E-state index contributed by atoms with van der Waals surface area (Å²) in [6, 6.07) is 13.5. The predicted octanol–water partition coefficient (Wildman–Crippen LogP) is 2.91. The Morgan fingerprint density at radius 2 is 1.88 bits per heavy atom. The Morgan fingerprint density at radius 1 is 1.16 bits per heavy atom. The number of hydrogen-bond acceptors (Lipinski definition) is 5. The zero-order valence-electron chi connectivity index (χ0n) is 14.6. The van der Waals surface area contributed by atoms with Crippen LogP contribution in [0.4, 0.5) is 0 Å². The molecule has 0 bridgehead atoms. The largest absolute Gasteiger partial charge is 0.484 e. The molecule has 25 heavy (non-hydrogen) atoms. The summed E-state index contributed by atoms with van der Waals surface area (Å²) >= 11 is 0. The van der Waals surface area contributed by atoms with Crippen LogP contribution in [0.25, 0.3) is 10.8 Å². The highest BCUT2D eigenvalue weighted by atomic mass is 16.5. The molecule has 0 saturated carbocycles. The van der Waals surface area contributed by atoms with Gasteiger partial charge in [0.2, 0.25) is 0 Å². The molecule has 0 aliphatic rings. The molecule has 1 N–H and O–H groups in total. The van der Waals surface area contributed by atoms with E-state index in [1.54, 1.807) is 20.8 Å². The van der Waals surface area contributed by atoms with Crippen molar-refractivity contribution < 1.29 is 19.1 Å². The first kappa shape index (κ1) is 18.4. The summed E-state index contributed by atoms with van der Waals surface area (Å²) in [6.07, 6.45) is 0. The number of benzene rings is 2. The Bertz CT molecular complexity index is 786. The topological polar surface area (TPSA) is 77.0 Å². The van der Waals surface area contributed by atoms with E-state index in [0.29, 0.717) is 18.1 Å². The molecule has 0 saturated heterocycles. The molecule has 0 aliphatic carbocycles. The van der Waals surface area contributed by atoms with Gasteiger partial charge in [0.1, 0.15) is 5.75 Å². The highest BCUT2D eigenvalue weighted by Crippen LogP contribution is 2.20. The zero-order valence-corrected chi connectivity index (χ0v) is 14.6. The molecule has 0 aliphatic heterocycles. The Labute approximate surface area is 146 Å². The molecule has 2 aromatic carbocycles. The monoisotopic (exact) mass is 342 g/mol. The lowest BCUT2D eigenvalue weighted by atomic mass is 10.1. The van der Waals surface area contributed by atoms with E-state index in [2.05, 4.69) is 10.5 Å². The summed E-state index contributed by atoms with van der Waals surface area (Å²) in [5.41, 5.74) is 2.85. The highest BCUT2D eigenvalue weighted by Gasteiger charge is 2.17. The average molecular weight is 342 g/mol. The van der Waals surface area contributed by atoms with E-state index in [-0.39, 0.29) is 12.6 Å². The summed E-state index contributed by atoms with van der Waals surface area (Å²) in [6.45, 7) is 5.22. The van der Waals surface area contributed by atoms with E-state index in [0.717, 1.165) is 10.8 Å². The van der Waals surface area contributed by atoms with Crippen LogP contribution in [0, 0.1) is 5.92 Å². The summed E-state index contributed by atoms with van der Waals surface area (Å²) in [7, 11) is 0. The van der Waals surface area contributed by atoms with Gasteiger partial charge < -0.3 is 9.47 Å². The SMILES string of the molecule is CCOC(=O)[C@@H](C)/C(C)=N\NC(=O)COc1ccc2ccccc2c1. The number of nitrogens with one attached hydrogen (secondary N) is 1. The van der Waals surface area contributed by atoms with Crippen molar-refractivity contribution in [1.29, 1.82) is 0 Å². The predicted molar refractivity (Wildman–Crippen MR) is 96.5 cm³/mol. The van der Waals surface area contributed by atoms with Gasteiger partial charge in [-0.3, -0.25) is 9.59 Å². The average Bonchev–Trinajstić information content (AvgIpc) is 2.63. The van der Waals surface area contributed by atoms with Crippen molar-refractivity contribution >= 4 is 28.4 Å². The van der Waals surface area contributed by atoms with E-state index < -0.39 is 11.8 Å². The molecule has 0 spiro atoms. The maximum absolute atomic E-state index is 11.8. The molecule has 1 atom stereocenters. The van der Waals surface area contributed by atoms with E-state index >= 15 is 0 Å². The number of hydrazone groups is 1. The fourth-order valence-corrected chi connectivity index (χ4v) is 2.12. The molecular formula is C19H22N2O4. The molecule has 0 fully saturated rings. The van der Waals surface area contributed by atoms with Gasteiger partial charge in [0.25, 0.3) is 5.91 Å². The molecule has 132 valence electrons. The number of carbonyl (C=O) groups excluding carboxylic acids is 2. The Balaban J connectivity index is 1.87. The van der Waals surface area contributed by atoms with Crippen LogP contribution in [0.1, 0.15) is 20.8 Å². The first-order valence-corrected chi connectivity index (χ1v) is 8.12. The van der Waals surface area contributed by atoms with E-state index in [1.807, 2.05) is 42.5 Å². The minimum atomic E-state index is -0.512. The summed E-state index contributed by atoms with van der Waals surface area (Å²) < 4.78 is 10.4. The minimum Gasteiger partial charge on any atom is -0.484 e. The van der Waals surface area contributed by atoms with Crippen LogP contribution < -0.4 is 10.2 Å². The summed E-state index contributed by atoms with van der Waals surface area (Å²) in [4.78, 5) is 23.4. The van der Waals surface area contributed by atoms with Gasteiger partial charge in [0.05, 0.1) is 12.5 Å². The minimum absolute atomic E-state index is 0.164. The number of esters is 1. The number of rotatable bonds is 7. The van der Waals surface area contributed by atoms with Crippen molar-refractivity contribution in [3.05, 3.63) is 42.5 Å². The Morgan fingerprint density at radius 3 is 2.60 bits per heavy atom. The third-order valence-electron chi connectivity index (χ3n) is 3.71. The molecular weight excluding hydrogens is 320 g/mol. The number of hydrogen-bond donors (Lipinski definition) is 1. The van der Waals surface area contributed by atoms with Crippen LogP contribution in [-0.2, 0) is 14.3 Å². The van der Waals surface area contributed by atoms with Crippen molar-refractivity contribution in [2.75, 3.05) is 13.2 Å². The highest BCUT2D eigenvalue weighted by molar-refractivity contribution is 6.00. The zero-order chi connectivity index (χ0) is 18.2. The number of nitrogens with zero attached hydrogens (tertiary/aromatic N) is 1. The normalized spacial score (nSPS) is 12.5. The van der Waals surface area contributed by atoms with Crippen molar-refractivity contribution in [1.82, 2.24) is 5.43 Å². The molecule has 0 unspecified atom stereocenters. The molecule has 2 rings (SSSR count). The van der Waals surface area contributed by atoms with E-state index in [4.69, 9.17) is 9.47 Å². The van der Waals surface area contributed by atoms with Gasteiger partial charge in [-0.2, -0.15) is 5.10 Å². The second-order valence-corrected chi connectivity index (χ2v) is 5.56. The van der Waals surface area contributed by atoms with Crippen LogP contribution >= 0.6 is 0 Å². The first-order valence-electron chi connectivity index (χ1n) is 8.12. The quantitative estimate of drug-likeness (QED) is 0.477. The van der Waals surface area contributed by atoms with Gasteiger partial charge in [0, 0.05) is 5.71 Å². The van der Waals surface area contributed by atoms with Crippen LogP contribution in [0.5, 0.6) is 5.75 Å². The first-order chi connectivity index (χ1) is 12.0. The molecule has 2 aromatic rings. The van der Waals surface area contributed by atoms with Gasteiger partial charge in [-0.1, -0.05) is 30.3 Å². The van der Waals surface area contributed by atoms with Crippen LogP contribution in [0.15, 0.2) is 47.6 Å². The van der Waals surface area contributed by atoms with Gasteiger partial charge in [-0.05, 0) is 43.7 Å². The smallest absolute Gasteiger partial charge is 0.314 e. The standard InChI is InChI=1S/C19H22N2O4/c1-4-24-19(23)13(2)14(3)20-21-18(22)12-25-17-10-9-15-7-5-6-8-16(15)11-17/h5-11,13H,4,12H2,1-3H3,(H,21,22)/b20-14-/t13-/m0/s1. The van der Waals surface area contributed by atoms with Crippen molar-refractivity contribution in [2.45, 2.75) is 20.8 Å². The number of amides is 1. The summed E-state index contributed by atoms with van der Waals surface area (Å²) in [5, 5.41) is 6.07. The molecule has 6 heteroatoms. The molecule has 0 aromatic heterocycles. The second kappa shape index (κ2) is 8.82. The third kappa shape index (κ3) is 5.31. The molecule has 6 nitrogen and oxygen atoms in total. The fourth-order valence-electron chi connectivity index (χ4n) is 2.12. The lowest BCUT2D eigenvalue weighted by Crippen LogP contribution is -2.28. The third-order valence-corrected chi connectivity index (χ3v) is 3.71. The van der Waals surface area contributed by atoms with Crippen molar-refractivity contribution in [2.24, 2.45) is 11.0 Å². The second-order valence-electron chi connectivity index (χ2n) is 5.56. The van der Waals surface area contributed by atoms with Crippen molar-refractivity contribution in [3.8, 4) is 5.75 Å². The van der Waals surface area contributed by atoms with E-state index in [9.17, 15) is 9.59 Å².